The van der Waals surface area contributed by atoms with E-state index < -0.39 is 10.0 Å². The molecule has 1 aromatic carbocycles. The Bertz CT molecular complexity index is 624. The normalized spacial score (nSPS) is 25.6. The van der Waals surface area contributed by atoms with Crippen molar-refractivity contribution in [1.29, 1.82) is 0 Å². The highest BCUT2D eigenvalue weighted by molar-refractivity contribution is 7.89. The van der Waals surface area contributed by atoms with Gasteiger partial charge in [-0.1, -0.05) is 19.1 Å². The summed E-state index contributed by atoms with van der Waals surface area (Å²) >= 11 is 0. The maximum absolute atomic E-state index is 12.9. The average Bonchev–Trinajstić information content (AvgIpc) is 2.98. The van der Waals surface area contributed by atoms with Gasteiger partial charge in [-0.3, -0.25) is 4.90 Å². The van der Waals surface area contributed by atoms with Crippen LogP contribution in [0.2, 0.25) is 0 Å². The summed E-state index contributed by atoms with van der Waals surface area (Å²) < 4.78 is 27.4. The third-order valence-electron chi connectivity index (χ3n) is 4.86. The van der Waals surface area contributed by atoms with Crippen molar-refractivity contribution in [3.05, 3.63) is 24.3 Å². The third-order valence-corrected chi connectivity index (χ3v) is 6.81. The average molecular weight is 324 g/mol. The minimum atomic E-state index is -3.64. The fourth-order valence-corrected chi connectivity index (χ4v) is 5.26. The number of benzene rings is 1. The van der Waals surface area contributed by atoms with Gasteiger partial charge in [0.1, 0.15) is 10.6 Å². The number of nitrogens with zero attached hydrogens (tertiary/aromatic N) is 2. The number of piperidine rings is 1. The molecule has 2 aliphatic heterocycles. The van der Waals surface area contributed by atoms with Gasteiger partial charge in [-0.25, -0.2) is 8.42 Å². The van der Waals surface area contributed by atoms with Crippen LogP contribution < -0.4 is 0 Å². The van der Waals surface area contributed by atoms with Crippen LogP contribution in [-0.4, -0.2) is 48.5 Å². The van der Waals surface area contributed by atoms with Gasteiger partial charge in [0.25, 0.3) is 0 Å². The van der Waals surface area contributed by atoms with Crippen LogP contribution in [0.25, 0.3) is 0 Å². The quantitative estimate of drug-likeness (QED) is 0.926. The van der Waals surface area contributed by atoms with Crippen LogP contribution in [-0.2, 0) is 10.0 Å². The van der Waals surface area contributed by atoms with E-state index >= 15 is 0 Å². The van der Waals surface area contributed by atoms with E-state index in [2.05, 4.69) is 11.8 Å². The van der Waals surface area contributed by atoms with E-state index in [1.807, 2.05) is 0 Å². The molecule has 0 radical (unpaired) electrons. The van der Waals surface area contributed by atoms with Crippen molar-refractivity contribution in [2.75, 3.05) is 19.6 Å². The number of likely N-dealkylation sites (tertiary alicyclic amines) is 1. The highest BCUT2D eigenvalue weighted by atomic mass is 32.2. The molecule has 2 aliphatic rings. The van der Waals surface area contributed by atoms with Crippen LogP contribution in [0.15, 0.2) is 29.2 Å². The van der Waals surface area contributed by atoms with Gasteiger partial charge in [-0.05, 0) is 56.8 Å². The van der Waals surface area contributed by atoms with Gasteiger partial charge in [-0.15, -0.1) is 0 Å². The summed E-state index contributed by atoms with van der Waals surface area (Å²) in [6.45, 7) is 4.70. The van der Waals surface area contributed by atoms with Crippen LogP contribution in [0.5, 0.6) is 5.75 Å². The van der Waals surface area contributed by atoms with E-state index in [1.54, 1.807) is 16.4 Å². The molecule has 3 rings (SSSR count). The van der Waals surface area contributed by atoms with Crippen molar-refractivity contribution in [2.24, 2.45) is 5.92 Å². The Labute approximate surface area is 132 Å². The minimum Gasteiger partial charge on any atom is -0.507 e. The van der Waals surface area contributed by atoms with Gasteiger partial charge in [0.2, 0.25) is 10.0 Å². The van der Waals surface area contributed by atoms with Crippen molar-refractivity contribution >= 4 is 10.0 Å². The standard InChI is InChI=1S/C16H24N2O3S/c1-13-8-11-17(12-9-13)16-7-4-10-18(16)22(20,21)15-6-3-2-5-14(15)19/h2-3,5-6,13,16,19H,4,7-12H2,1H3. The summed E-state index contributed by atoms with van der Waals surface area (Å²) in [6.07, 6.45) is 3.95. The van der Waals surface area contributed by atoms with Gasteiger partial charge < -0.3 is 5.11 Å². The summed E-state index contributed by atoms with van der Waals surface area (Å²) in [7, 11) is -3.64. The fourth-order valence-electron chi connectivity index (χ4n) is 3.50. The van der Waals surface area contributed by atoms with Crippen molar-refractivity contribution in [2.45, 2.75) is 43.7 Å². The van der Waals surface area contributed by atoms with Crippen molar-refractivity contribution < 1.29 is 13.5 Å². The van der Waals surface area contributed by atoms with Crippen LogP contribution in [0.3, 0.4) is 0 Å². The number of sulfonamides is 1. The van der Waals surface area contributed by atoms with Gasteiger partial charge in [0, 0.05) is 6.54 Å². The van der Waals surface area contributed by atoms with Crippen molar-refractivity contribution in [3.8, 4) is 5.75 Å². The van der Waals surface area contributed by atoms with Crippen molar-refractivity contribution in [3.63, 3.8) is 0 Å². The number of rotatable bonds is 3. The third kappa shape index (κ3) is 2.87. The lowest BCUT2D eigenvalue weighted by Crippen LogP contribution is -2.49. The van der Waals surface area contributed by atoms with Gasteiger partial charge in [0.05, 0.1) is 6.17 Å². The maximum atomic E-state index is 12.9. The topological polar surface area (TPSA) is 60.9 Å². The summed E-state index contributed by atoms with van der Waals surface area (Å²) in [5.41, 5.74) is 0. The Hall–Kier alpha value is -1.11. The molecule has 0 aliphatic carbocycles. The van der Waals surface area contributed by atoms with Crippen LogP contribution in [0.1, 0.15) is 32.6 Å². The Morgan fingerprint density at radius 3 is 2.45 bits per heavy atom. The molecule has 0 amide bonds. The molecule has 1 N–H and O–H groups in total. The molecule has 2 fully saturated rings. The smallest absolute Gasteiger partial charge is 0.248 e. The number of aromatic hydroxyl groups is 1. The zero-order valence-electron chi connectivity index (χ0n) is 13.0. The first kappa shape index (κ1) is 15.8. The Balaban J connectivity index is 1.85. The lowest BCUT2D eigenvalue weighted by Gasteiger charge is -2.38. The molecule has 0 saturated carbocycles. The van der Waals surface area contributed by atoms with E-state index in [-0.39, 0.29) is 16.8 Å². The number of phenols is 1. The number of hydrogen-bond acceptors (Lipinski definition) is 4. The van der Waals surface area contributed by atoms with Crippen molar-refractivity contribution in [1.82, 2.24) is 9.21 Å². The van der Waals surface area contributed by atoms with Crippen LogP contribution in [0.4, 0.5) is 0 Å². The van der Waals surface area contributed by atoms with Gasteiger partial charge >= 0.3 is 0 Å². The molecule has 1 aromatic rings. The van der Waals surface area contributed by atoms with Crippen LogP contribution in [0, 0.1) is 5.92 Å². The maximum Gasteiger partial charge on any atom is 0.248 e. The summed E-state index contributed by atoms with van der Waals surface area (Å²) in [6, 6.07) is 6.21. The molecule has 0 aromatic heterocycles. The Kier molecular flexibility index (Phi) is 4.43. The SMILES string of the molecule is CC1CCN(C2CCCN2S(=O)(=O)c2ccccc2O)CC1. The molecule has 6 heteroatoms. The second kappa shape index (κ2) is 6.18. The van der Waals surface area contributed by atoms with Gasteiger partial charge in [-0.2, -0.15) is 4.31 Å². The highest BCUT2D eigenvalue weighted by Gasteiger charge is 2.40. The molecule has 2 saturated heterocycles. The second-order valence-electron chi connectivity index (χ2n) is 6.42. The van der Waals surface area contributed by atoms with Gasteiger partial charge in [0.15, 0.2) is 0 Å². The van der Waals surface area contributed by atoms with E-state index in [4.69, 9.17) is 0 Å². The van der Waals surface area contributed by atoms with E-state index in [9.17, 15) is 13.5 Å². The highest BCUT2D eigenvalue weighted by Crippen LogP contribution is 2.33. The fraction of sp³-hybridized carbons (Fsp3) is 0.625. The lowest BCUT2D eigenvalue weighted by molar-refractivity contribution is 0.0880. The Morgan fingerprint density at radius 2 is 1.77 bits per heavy atom. The number of hydrogen-bond donors (Lipinski definition) is 1. The molecule has 2 heterocycles. The molecular formula is C16H24N2O3S. The number of phenolic OH excluding ortho intramolecular Hbond substituents is 1. The Morgan fingerprint density at radius 1 is 1.09 bits per heavy atom. The summed E-state index contributed by atoms with van der Waals surface area (Å²) in [4.78, 5) is 2.32. The summed E-state index contributed by atoms with van der Waals surface area (Å²) in [5, 5.41) is 9.92. The first-order chi connectivity index (χ1) is 10.5. The molecule has 1 unspecified atom stereocenters. The summed E-state index contributed by atoms with van der Waals surface area (Å²) in [5.74, 6) is 0.557. The van der Waals surface area contributed by atoms with E-state index in [1.165, 1.54) is 12.1 Å². The molecule has 0 spiro atoms. The van der Waals surface area contributed by atoms with E-state index in [0.29, 0.717) is 6.54 Å². The molecule has 1 atom stereocenters. The lowest BCUT2D eigenvalue weighted by atomic mass is 9.99. The molecule has 0 bridgehead atoms. The predicted molar refractivity (Wildman–Crippen MR) is 85.0 cm³/mol. The monoisotopic (exact) mass is 324 g/mol. The minimum absolute atomic E-state index is 0.0206. The first-order valence-electron chi connectivity index (χ1n) is 8.04. The predicted octanol–water partition coefficient (Wildman–Crippen LogP) is 2.23. The first-order valence-corrected chi connectivity index (χ1v) is 9.48. The second-order valence-corrected chi connectivity index (χ2v) is 8.28. The zero-order chi connectivity index (χ0) is 15.7. The molecule has 122 valence electrons. The molecule has 22 heavy (non-hydrogen) atoms. The largest absolute Gasteiger partial charge is 0.507 e. The van der Waals surface area contributed by atoms with Crippen LogP contribution >= 0.6 is 0 Å². The molecule has 5 nitrogen and oxygen atoms in total. The molecular weight excluding hydrogens is 300 g/mol. The zero-order valence-corrected chi connectivity index (χ0v) is 13.8. The van der Waals surface area contributed by atoms with E-state index in [0.717, 1.165) is 44.7 Å². The number of para-hydroxylation sites is 1.